The summed E-state index contributed by atoms with van der Waals surface area (Å²) in [6, 6.07) is 9.79. The lowest BCUT2D eigenvalue weighted by Gasteiger charge is -2.14. The van der Waals surface area contributed by atoms with Gasteiger partial charge in [0.2, 0.25) is 0 Å². The molecule has 1 unspecified atom stereocenters. The molecular weight excluding hydrogens is 256 g/mol. The third-order valence-corrected chi connectivity index (χ3v) is 3.78. The van der Waals surface area contributed by atoms with Crippen molar-refractivity contribution in [1.82, 2.24) is 4.98 Å². The molecule has 1 heterocycles. The SMILES string of the molecule is CCSc1ccc(C(O)c2cc(C)cnc2N)cc1. The van der Waals surface area contributed by atoms with Gasteiger partial charge >= 0.3 is 0 Å². The van der Waals surface area contributed by atoms with Crippen LogP contribution in [0.3, 0.4) is 0 Å². The molecule has 2 aromatic rings. The van der Waals surface area contributed by atoms with Crippen molar-refractivity contribution in [2.24, 2.45) is 0 Å². The number of hydrogen-bond donors (Lipinski definition) is 2. The zero-order valence-corrected chi connectivity index (χ0v) is 11.9. The van der Waals surface area contributed by atoms with Crippen LogP contribution in [0.1, 0.15) is 29.7 Å². The first-order chi connectivity index (χ1) is 9.11. The van der Waals surface area contributed by atoms with E-state index in [-0.39, 0.29) is 0 Å². The van der Waals surface area contributed by atoms with Gasteiger partial charge in [0.05, 0.1) is 0 Å². The monoisotopic (exact) mass is 274 g/mol. The molecule has 0 spiro atoms. The first kappa shape index (κ1) is 13.9. The number of aliphatic hydroxyl groups is 1. The Morgan fingerprint density at radius 2 is 2.00 bits per heavy atom. The lowest BCUT2D eigenvalue weighted by Crippen LogP contribution is -2.06. The fourth-order valence-corrected chi connectivity index (χ4v) is 2.58. The minimum Gasteiger partial charge on any atom is -0.384 e. The third-order valence-electron chi connectivity index (χ3n) is 2.89. The zero-order chi connectivity index (χ0) is 13.8. The number of benzene rings is 1. The molecule has 100 valence electrons. The summed E-state index contributed by atoms with van der Waals surface area (Å²) in [5.41, 5.74) is 8.31. The fourth-order valence-electron chi connectivity index (χ4n) is 1.91. The summed E-state index contributed by atoms with van der Waals surface area (Å²) >= 11 is 1.78. The summed E-state index contributed by atoms with van der Waals surface area (Å²) in [5, 5.41) is 10.4. The Morgan fingerprint density at radius 3 is 2.63 bits per heavy atom. The van der Waals surface area contributed by atoms with Crippen LogP contribution in [0.15, 0.2) is 41.4 Å². The van der Waals surface area contributed by atoms with E-state index in [4.69, 9.17) is 5.73 Å². The molecule has 0 aliphatic rings. The van der Waals surface area contributed by atoms with Gasteiger partial charge in [-0.15, -0.1) is 11.8 Å². The second kappa shape index (κ2) is 6.08. The average Bonchev–Trinajstić information content (AvgIpc) is 2.42. The Labute approximate surface area is 117 Å². The smallest absolute Gasteiger partial charge is 0.129 e. The van der Waals surface area contributed by atoms with Crippen molar-refractivity contribution in [3.63, 3.8) is 0 Å². The number of aryl methyl sites for hydroxylation is 1. The van der Waals surface area contributed by atoms with E-state index in [1.165, 1.54) is 4.90 Å². The van der Waals surface area contributed by atoms with Crippen LogP contribution >= 0.6 is 11.8 Å². The maximum Gasteiger partial charge on any atom is 0.129 e. The molecule has 1 aromatic carbocycles. The van der Waals surface area contributed by atoms with E-state index in [1.807, 2.05) is 37.3 Å². The number of pyridine rings is 1. The molecule has 0 amide bonds. The number of nitrogens with two attached hydrogens (primary N) is 1. The Morgan fingerprint density at radius 1 is 1.32 bits per heavy atom. The Kier molecular flexibility index (Phi) is 4.45. The molecule has 0 saturated heterocycles. The summed E-state index contributed by atoms with van der Waals surface area (Å²) in [4.78, 5) is 5.29. The highest BCUT2D eigenvalue weighted by Gasteiger charge is 2.14. The van der Waals surface area contributed by atoms with Crippen molar-refractivity contribution in [1.29, 1.82) is 0 Å². The molecule has 1 aromatic heterocycles. The van der Waals surface area contributed by atoms with Gasteiger partial charge in [0.1, 0.15) is 11.9 Å². The summed E-state index contributed by atoms with van der Waals surface area (Å²) < 4.78 is 0. The second-order valence-electron chi connectivity index (χ2n) is 4.39. The maximum atomic E-state index is 10.4. The van der Waals surface area contributed by atoms with Gasteiger partial charge in [0, 0.05) is 16.7 Å². The number of aliphatic hydroxyl groups excluding tert-OH is 1. The van der Waals surface area contributed by atoms with Gasteiger partial charge in [0.15, 0.2) is 0 Å². The first-order valence-electron chi connectivity index (χ1n) is 6.24. The van der Waals surface area contributed by atoms with Crippen molar-refractivity contribution in [2.45, 2.75) is 24.8 Å². The van der Waals surface area contributed by atoms with E-state index in [1.54, 1.807) is 18.0 Å². The molecule has 4 heteroatoms. The van der Waals surface area contributed by atoms with Crippen LogP contribution in [-0.2, 0) is 0 Å². The summed E-state index contributed by atoms with van der Waals surface area (Å²) in [7, 11) is 0. The standard InChI is InChI=1S/C15H18N2OS/c1-3-19-12-6-4-11(5-7-12)14(18)13-8-10(2)9-17-15(13)16/h4-9,14,18H,3H2,1-2H3,(H2,16,17). The normalized spacial score (nSPS) is 12.4. The van der Waals surface area contributed by atoms with Crippen molar-refractivity contribution in [3.8, 4) is 0 Å². The van der Waals surface area contributed by atoms with Crippen molar-refractivity contribution in [2.75, 3.05) is 11.5 Å². The van der Waals surface area contributed by atoms with Crippen LogP contribution in [0, 0.1) is 6.92 Å². The second-order valence-corrected chi connectivity index (χ2v) is 5.73. The number of anilines is 1. The highest BCUT2D eigenvalue weighted by molar-refractivity contribution is 7.99. The minimum absolute atomic E-state index is 0.380. The number of hydrogen-bond acceptors (Lipinski definition) is 4. The van der Waals surface area contributed by atoms with Crippen molar-refractivity contribution in [3.05, 3.63) is 53.2 Å². The van der Waals surface area contributed by atoms with E-state index in [0.29, 0.717) is 11.4 Å². The largest absolute Gasteiger partial charge is 0.384 e. The molecule has 0 aliphatic heterocycles. The van der Waals surface area contributed by atoms with Gasteiger partial charge in [0.25, 0.3) is 0 Å². The lowest BCUT2D eigenvalue weighted by atomic mass is 10.0. The van der Waals surface area contributed by atoms with Crippen LogP contribution in [0.5, 0.6) is 0 Å². The molecule has 0 fully saturated rings. The summed E-state index contributed by atoms with van der Waals surface area (Å²) in [5.74, 6) is 1.42. The van der Waals surface area contributed by atoms with E-state index >= 15 is 0 Å². The maximum absolute atomic E-state index is 10.4. The van der Waals surface area contributed by atoms with Crippen LogP contribution in [0.2, 0.25) is 0 Å². The lowest BCUT2D eigenvalue weighted by molar-refractivity contribution is 0.220. The molecule has 0 bridgehead atoms. The number of rotatable bonds is 4. The number of aromatic nitrogens is 1. The average molecular weight is 274 g/mol. The van der Waals surface area contributed by atoms with Crippen molar-refractivity contribution >= 4 is 17.6 Å². The predicted molar refractivity (Wildman–Crippen MR) is 80.3 cm³/mol. The van der Waals surface area contributed by atoms with Crippen molar-refractivity contribution < 1.29 is 5.11 Å². The molecule has 0 saturated carbocycles. The van der Waals surface area contributed by atoms with E-state index in [9.17, 15) is 5.11 Å². The van der Waals surface area contributed by atoms with Gasteiger partial charge in [-0.05, 0) is 42.0 Å². The van der Waals surface area contributed by atoms with Gasteiger partial charge < -0.3 is 10.8 Å². The van der Waals surface area contributed by atoms with E-state index in [2.05, 4.69) is 11.9 Å². The number of thioether (sulfide) groups is 1. The summed E-state index contributed by atoms with van der Waals surface area (Å²) in [6.45, 7) is 4.05. The number of nitrogens with zero attached hydrogens (tertiary/aromatic N) is 1. The zero-order valence-electron chi connectivity index (χ0n) is 11.1. The fraction of sp³-hybridized carbons (Fsp3) is 0.267. The van der Waals surface area contributed by atoms with Gasteiger partial charge in [-0.25, -0.2) is 4.98 Å². The molecule has 3 N–H and O–H groups in total. The Hall–Kier alpha value is -1.52. The van der Waals surface area contributed by atoms with Crippen LogP contribution in [0.4, 0.5) is 5.82 Å². The Bertz CT molecular complexity index is 555. The highest BCUT2D eigenvalue weighted by Crippen LogP contribution is 2.28. The minimum atomic E-state index is -0.729. The molecule has 3 nitrogen and oxygen atoms in total. The topological polar surface area (TPSA) is 59.1 Å². The van der Waals surface area contributed by atoms with Crippen LogP contribution < -0.4 is 5.73 Å². The predicted octanol–water partition coefficient (Wildman–Crippen LogP) is 3.17. The van der Waals surface area contributed by atoms with E-state index < -0.39 is 6.10 Å². The molecule has 0 aliphatic carbocycles. The van der Waals surface area contributed by atoms with E-state index in [0.717, 1.165) is 16.9 Å². The van der Waals surface area contributed by atoms with Crippen LogP contribution in [-0.4, -0.2) is 15.8 Å². The highest BCUT2D eigenvalue weighted by atomic mass is 32.2. The van der Waals surface area contributed by atoms with Gasteiger partial charge in [-0.1, -0.05) is 19.1 Å². The molecule has 0 radical (unpaired) electrons. The van der Waals surface area contributed by atoms with Gasteiger partial charge in [-0.3, -0.25) is 0 Å². The third kappa shape index (κ3) is 3.28. The van der Waals surface area contributed by atoms with Crippen LogP contribution in [0.25, 0.3) is 0 Å². The molecule has 1 atom stereocenters. The molecule has 19 heavy (non-hydrogen) atoms. The quantitative estimate of drug-likeness (QED) is 0.841. The number of nitrogen functional groups attached to an aromatic ring is 1. The molecule has 2 rings (SSSR count). The first-order valence-corrected chi connectivity index (χ1v) is 7.23. The molecular formula is C15H18N2OS. The Balaban J connectivity index is 2.27. The summed E-state index contributed by atoms with van der Waals surface area (Å²) in [6.07, 6.45) is 0.972. The van der Waals surface area contributed by atoms with Gasteiger partial charge in [-0.2, -0.15) is 0 Å².